The summed E-state index contributed by atoms with van der Waals surface area (Å²) in [4.78, 5) is 0. The first-order chi connectivity index (χ1) is 1.00. The van der Waals surface area contributed by atoms with E-state index in [0.29, 0.717) is 0 Å². The molecule has 0 heterocycles. The maximum Gasteiger partial charge on any atom is 0 e. The van der Waals surface area contributed by atoms with Crippen molar-refractivity contribution in [1.82, 2.24) is 0 Å². The van der Waals surface area contributed by atoms with E-state index in [2.05, 4.69) is 0 Å². The zero-order chi connectivity index (χ0) is 2.00. The number of rotatable bonds is 0. The second-order valence-corrected chi connectivity index (χ2v) is 0. The van der Waals surface area contributed by atoms with E-state index in [1.807, 2.05) is 15.9 Å². The van der Waals surface area contributed by atoms with Crippen molar-refractivity contribution in [3.8, 4) is 0 Å². The van der Waals surface area contributed by atoms with Crippen molar-refractivity contribution in [3.05, 3.63) is 0 Å². The molecule has 0 N–H and O–H groups in total. The first-order valence-electron chi connectivity index (χ1n) is 0.144. The van der Waals surface area contributed by atoms with Crippen LogP contribution in [0.2, 0.25) is 0 Å². The van der Waals surface area contributed by atoms with Gasteiger partial charge in [-0.05, 0) is 0 Å². The smallest absolute Gasteiger partial charge is 0 e. The maximum atomic E-state index is 8.00. The zero-order valence-corrected chi connectivity index (χ0v) is 7.84. The number of hydrogen-bond acceptors (Lipinski definition) is 1. The van der Waals surface area contributed by atoms with Gasteiger partial charge in [0.15, 0.2) is 0 Å². The minimum absolute atomic E-state index is 0. The van der Waals surface area contributed by atoms with Crippen molar-refractivity contribution in [1.29, 1.82) is 0 Å². The second kappa shape index (κ2) is 37.0. The van der Waals surface area contributed by atoms with Gasteiger partial charge in [-0.15, -0.1) is 0 Å². The summed E-state index contributed by atoms with van der Waals surface area (Å²) in [5.74, 6) is 0. The molecule has 0 amide bonds. The molecular weight excluding hydrogens is 203 g/mol. The first-order valence-corrected chi connectivity index (χ1v) is 0.595. The van der Waals surface area contributed by atoms with Gasteiger partial charge < -0.3 is 1.43 Å². The van der Waals surface area contributed by atoms with Gasteiger partial charge >= 0.3 is 38.6 Å². The van der Waals surface area contributed by atoms with E-state index in [9.17, 15) is 0 Å². The molecule has 0 bridgehead atoms. The van der Waals surface area contributed by atoms with Gasteiger partial charge in [-0.25, -0.2) is 0 Å². The summed E-state index contributed by atoms with van der Waals surface area (Å²) >= 11 is 2.00. The molecule has 0 aliphatic carbocycles. The maximum absolute atomic E-state index is 8.00. The summed E-state index contributed by atoms with van der Waals surface area (Å²) in [6.07, 6.45) is 0. The van der Waals surface area contributed by atoms with E-state index in [1.54, 1.807) is 0 Å². The van der Waals surface area contributed by atoms with E-state index >= 15 is 0 Å². The van der Waals surface area contributed by atoms with E-state index in [0.717, 1.165) is 0 Å². The van der Waals surface area contributed by atoms with Crippen LogP contribution >= 0.6 is 0 Å². The van der Waals surface area contributed by atoms with E-state index in [4.69, 9.17) is 3.83 Å². The van der Waals surface area contributed by atoms with E-state index in [-0.39, 0.29) is 56.3 Å². The molecule has 28 valence electrons. The third-order valence-electron chi connectivity index (χ3n) is 0. The third-order valence-corrected chi connectivity index (χ3v) is 0. The van der Waals surface area contributed by atoms with Crippen LogP contribution in [0.15, 0.2) is 0 Å². The molecule has 0 radical (unpaired) electrons. The van der Waals surface area contributed by atoms with Gasteiger partial charge in [0.25, 0.3) is 0 Å². The molecule has 5 heavy (non-hydrogen) atoms. The molecule has 0 spiro atoms. The predicted molar refractivity (Wildman–Crippen MR) is 1.80 cm³/mol. The Hall–Kier alpha value is 2.03. The van der Waals surface area contributed by atoms with Crippen LogP contribution in [0, 0.1) is 0 Å². The van der Waals surface area contributed by atoms with Crippen LogP contribution in [-0.2, 0) is 55.7 Å². The van der Waals surface area contributed by atoms with Crippen LogP contribution < -0.4 is 18.9 Å². The minimum atomic E-state index is 0. The van der Waals surface area contributed by atoms with Gasteiger partial charge in [-0.3, -0.25) is 0 Å². The van der Waals surface area contributed by atoms with Crippen LogP contribution in [0.5, 0.6) is 0 Å². The normalized spacial score (nSPS) is 1.00. The van der Waals surface area contributed by atoms with Gasteiger partial charge in [0.1, 0.15) is 0 Å². The van der Waals surface area contributed by atoms with Crippen LogP contribution in [0.3, 0.4) is 0 Å². The molecule has 0 aromatic heterocycles. The van der Waals surface area contributed by atoms with E-state index < -0.39 is 0 Å². The number of hydrogen-bond donors (Lipinski definition) is 0. The summed E-state index contributed by atoms with van der Waals surface area (Å²) in [5, 5.41) is 0. The largest absolute Gasteiger partial charge is 0 e. The molecule has 5 heteroatoms. The Bertz CT molecular complexity index is 15.5. The molecule has 0 saturated carbocycles. The second-order valence-electron chi connectivity index (χ2n) is 0. The predicted octanol–water partition coefficient (Wildman–Crippen LogP) is -3.01. The van der Waals surface area contributed by atoms with Crippen molar-refractivity contribution in [2.45, 2.75) is 0 Å². The van der Waals surface area contributed by atoms with Crippen molar-refractivity contribution < 1.29 is 76.0 Å². The molecule has 0 aromatic rings. The van der Waals surface area contributed by atoms with Gasteiger partial charge in [0, 0.05) is 36.0 Å². The van der Waals surface area contributed by atoms with Gasteiger partial charge in [0.05, 0.1) is 0 Å². The summed E-state index contributed by atoms with van der Waals surface area (Å²) in [7, 11) is 0. The topological polar surface area (TPSA) is 17.1 Å². The Kier molecular flexibility index (Phi) is 206. The van der Waals surface area contributed by atoms with Gasteiger partial charge in [-0.2, -0.15) is 0 Å². The fourth-order valence-electron chi connectivity index (χ4n) is 0. The van der Waals surface area contributed by atoms with Crippen molar-refractivity contribution in [3.63, 3.8) is 0 Å². The molecule has 0 rings (SSSR count). The third kappa shape index (κ3) is 23.7. The molecule has 0 unspecified atom stereocenters. The van der Waals surface area contributed by atoms with Crippen LogP contribution in [-0.4, -0.2) is 0 Å². The van der Waals surface area contributed by atoms with Crippen LogP contribution in [0.1, 0.15) is 1.43 Å². The Morgan fingerprint density at radius 2 is 1.40 bits per heavy atom. The average molecular weight is 204 g/mol. The Morgan fingerprint density at radius 1 is 1.40 bits per heavy atom. The standard InChI is InChI=1S/Fe.Li.Ni.O.Zn.H/q;+1;;;;-1. The quantitative estimate of drug-likeness (QED) is 0.384. The van der Waals surface area contributed by atoms with Crippen molar-refractivity contribution >= 4 is 0 Å². The van der Waals surface area contributed by atoms with Crippen LogP contribution in [0.25, 0.3) is 0 Å². The van der Waals surface area contributed by atoms with Gasteiger partial charge in [0.2, 0.25) is 0 Å². The van der Waals surface area contributed by atoms with Gasteiger partial charge in [-0.1, -0.05) is 0 Å². The molecule has 0 aromatic carbocycles. The Morgan fingerprint density at radius 3 is 1.40 bits per heavy atom. The summed E-state index contributed by atoms with van der Waals surface area (Å²) in [6, 6.07) is 0. The fourth-order valence-corrected chi connectivity index (χ4v) is 0. The average Bonchev–Trinajstić information content (AvgIpc) is 1.00. The monoisotopic (exact) mass is 202 g/mol. The summed E-state index contributed by atoms with van der Waals surface area (Å²) in [6.45, 7) is 0. The van der Waals surface area contributed by atoms with Crippen molar-refractivity contribution in [2.24, 2.45) is 0 Å². The molecule has 0 atom stereocenters. The Balaban J connectivity index is -0.000000000833. The fraction of sp³-hybridized carbons (Fsp3) is 0. The summed E-state index contributed by atoms with van der Waals surface area (Å²) in [5.41, 5.74) is 0. The van der Waals surface area contributed by atoms with E-state index in [1.165, 1.54) is 0 Å². The molecular formula is HFeLiNiOZn. The van der Waals surface area contributed by atoms with Crippen LogP contribution in [0.4, 0.5) is 0 Å². The SMILES string of the molecule is [H-].[Li+].[Ni].[O]=[Fe].[Zn]. The molecule has 0 aliphatic heterocycles. The molecule has 0 fully saturated rings. The molecule has 1 nitrogen and oxygen atoms in total. The zero-order valence-electron chi connectivity index (χ0n) is 3.79. The molecule has 0 aliphatic rings. The van der Waals surface area contributed by atoms with Crippen molar-refractivity contribution in [2.75, 3.05) is 0 Å². The first kappa shape index (κ1) is 27.8. The minimum Gasteiger partial charge on any atom is 0 e. The Labute approximate surface area is 75.4 Å². The molecule has 0 saturated heterocycles. The summed E-state index contributed by atoms with van der Waals surface area (Å²) < 4.78 is 8.00.